The van der Waals surface area contributed by atoms with Crippen molar-refractivity contribution in [2.45, 2.75) is 19.4 Å². The Labute approximate surface area is 191 Å². The Hall–Kier alpha value is -3.16. The maximum Gasteiger partial charge on any atom is 0.238 e. The third-order valence-electron chi connectivity index (χ3n) is 5.71. The van der Waals surface area contributed by atoms with E-state index in [1.54, 1.807) is 43.8 Å². The van der Waals surface area contributed by atoms with Crippen molar-refractivity contribution in [3.8, 4) is 11.5 Å². The van der Waals surface area contributed by atoms with Gasteiger partial charge < -0.3 is 14.8 Å². The summed E-state index contributed by atoms with van der Waals surface area (Å²) in [6.45, 7) is 2.44. The van der Waals surface area contributed by atoms with Crippen LogP contribution >= 0.6 is 11.3 Å². The number of anilines is 1. The molecule has 0 spiro atoms. The molecule has 3 aromatic rings. The molecule has 7 heteroatoms. The zero-order valence-corrected chi connectivity index (χ0v) is 19.2. The van der Waals surface area contributed by atoms with E-state index in [9.17, 15) is 9.59 Å². The third kappa shape index (κ3) is 4.40. The second kappa shape index (κ2) is 9.54. The number of amides is 1. The lowest BCUT2D eigenvalue weighted by molar-refractivity contribution is -0.117. The fraction of sp³-hybridized carbons (Fsp3) is 0.280. The van der Waals surface area contributed by atoms with Gasteiger partial charge in [-0.3, -0.25) is 14.5 Å². The van der Waals surface area contributed by atoms with Gasteiger partial charge in [0.2, 0.25) is 5.91 Å². The molecule has 0 fully saturated rings. The molecule has 166 valence electrons. The van der Waals surface area contributed by atoms with Crippen LogP contribution in [0.3, 0.4) is 0 Å². The summed E-state index contributed by atoms with van der Waals surface area (Å²) < 4.78 is 11.0. The molecule has 0 saturated heterocycles. The number of rotatable bonds is 7. The first-order valence-electron chi connectivity index (χ1n) is 10.4. The number of hydrogen-bond donors (Lipinski definition) is 1. The summed E-state index contributed by atoms with van der Waals surface area (Å²) in [6, 6.07) is 15.2. The van der Waals surface area contributed by atoms with Crippen LogP contribution in [0, 0.1) is 0 Å². The Morgan fingerprint density at radius 3 is 2.53 bits per heavy atom. The molecule has 0 saturated carbocycles. The van der Waals surface area contributed by atoms with Gasteiger partial charge in [-0.15, -0.1) is 11.3 Å². The van der Waals surface area contributed by atoms with Crippen LogP contribution in [0.15, 0.2) is 53.9 Å². The lowest BCUT2D eigenvalue weighted by atomic mass is 9.91. The maximum atomic E-state index is 13.0. The first kappa shape index (κ1) is 22.0. The minimum Gasteiger partial charge on any atom is -0.493 e. The summed E-state index contributed by atoms with van der Waals surface area (Å²) in [5.74, 6) is 1.16. The number of ketones is 1. The van der Waals surface area contributed by atoms with Crippen LogP contribution in [0.1, 0.15) is 39.3 Å². The first-order chi connectivity index (χ1) is 15.5. The van der Waals surface area contributed by atoms with Gasteiger partial charge in [0, 0.05) is 17.0 Å². The lowest BCUT2D eigenvalue weighted by Gasteiger charge is -2.37. The molecular weight excluding hydrogens is 424 g/mol. The van der Waals surface area contributed by atoms with Crippen LogP contribution in [0.25, 0.3) is 0 Å². The Kier molecular flexibility index (Phi) is 6.58. The fourth-order valence-corrected chi connectivity index (χ4v) is 5.10. The van der Waals surface area contributed by atoms with E-state index in [1.165, 1.54) is 12.5 Å². The number of ether oxygens (including phenoxy) is 2. The fourth-order valence-electron chi connectivity index (χ4n) is 4.22. The van der Waals surface area contributed by atoms with Crippen molar-refractivity contribution in [2.24, 2.45) is 0 Å². The van der Waals surface area contributed by atoms with Crippen molar-refractivity contribution in [3.63, 3.8) is 0 Å². The van der Waals surface area contributed by atoms with E-state index in [0.717, 1.165) is 23.4 Å². The number of methoxy groups -OCH3 is 2. The van der Waals surface area contributed by atoms with Crippen molar-refractivity contribution in [3.05, 3.63) is 75.5 Å². The van der Waals surface area contributed by atoms with Crippen molar-refractivity contribution in [2.75, 3.05) is 32.6 Å². The highest BCUT2D eigenvalue weighted by molar-refractivity contribution is 7.10. The summed E-state index contributed by atoms with van der Waals surface area (Å²) in [6.07, 6.45) is 0.800. The third-order valence-corrected chi connectivity index (χ3v) is 6.64. The number of carbonyl (C=O) groups is 2. The van der Waals surface area contributed by atoms with Crippen LogP contribution < -0.4 is 14.8 Å². The Bertz CT molecular complexity index is 1130. The second-order valence-corrected chi connectivity index (χ2v) is 8.67. The van der Waals surface area contributed by atoms with Crippen LogP contribution in [0.4, 0.5) is 5.69 Å². The van der Waals surface area contributed by atoms with Gasteiger partial charge >= 0.3 is 0 Å². The van der Waals surface area contributed by atoms with Crippen molar-refractivity contribution >= 4 is 28.7 Å². The molecule has 2 heterocycles. The largest absolute Gasteiger partial charge is 0.493 e. The molecule has 1 aliphatic heterocycles. The molecule has 4 rings (SSSR count). The molecule has 0 bridgehead atoms. The summed E-state index contributed by atoms with van der Waals surface area (Å²) in [7, 11) is 3.27. The number of benzene rings is 2. The van der Waals surface area contributed by atoms with E-state index < -0.39 is 0 Å². The number of nitrogens with one attached hydrogen (secondary N) is 1. The molecular formula is C25H26N2O4S. The van der Waals surface area contributed by atoms with E-state index in [-0.39, 0.29) is 24.3 Å². The van der Waals surface area contributed by atoms with E-state index in [0.29, 0.717) is 22.7 Å². The van der Waals surface area contributed by atoms with E-state index >= 15 is 0 Å². The average Bonchev–Trinajstić information content (AvgIpc) is 3.32. The van der Waals surface area contributed by atoms with Gasteiger partial charge in [-0.2, -0.15) is 0 Å². The SMILES string of the molecule is COc1cc2c(cc1OC)[C@@H](c1cccs1)N(CC(=O)Nc1ccccc1C(C)=O)CC2. The number of carbonyl (C=O) groups excluding carboxylic acids is 2. The van der Waals surface area contributed by atoms with Gasteiger partial charge in [0.25, 0.3) is 0 Å². The Morgan fingerprint density at radius 2 is 1.84 bits per heavy atom. The minimum atomic E-state index is -0.149. The number of para-hydroxylation sites is 1. The topological polar surface area (TPSA) is 67.9 Å². The highest BCUT2D eigenvalue weighted by Gasteiger charge is 2.32. The molecule has 0 aliphatic carbocycles. The summed E-state index contributed by atoms with van der Waals surface area (Å²) in [5, 5.41) is 4.97. The second-order valence-electron chi connectivity index (χ2n) is 7.69. The van der Waals surface area contributed by atoms with Crippen LogP contribution in [-0.2, 0) is 11.2 Å². The number of Topliss-reactive ketones (excluding diaryl/α,β-unsaturated/α-hetero) is 1. The number of nitrogens with zero attached hydrogens (tertiary/aromatic N) is 1. The monoisotopic (exact) mass is 450 g/mol. The first-order valence-corrected chi connectivity index (χ1v) is 11.3. The molecule has 0 radical (unpaired) electrons. The molecule has 1 amide bonds. The van der Waals surface area contributed by atoms with Crippen molar-refractivity contribution in [1.82, 2.24) is 4.90 Å². The van der Waals surface area contributed by atoms with Crippen LogP contribution in [-0.4, -0.2) is 43.9 Å². The van der Waals surface area contributed by atoms with Gasteiger partial charge in [-0.05, 0) is 60.2 Å². The zero-order valence-electron chi connectivity index (χ0n) is 18.4. The predicted octanol–water partition coefficient (Wildman–Crippen LogP) is 4.55. The average molecular weight is 451 g/mol. The smallest absolute Gasteiger partial charge is 0.238 e. The lowest BCUT2D eigenvalue weighted by Crippen LogP contribution is -2.41. The van der Waals surface area contributed by atoms with Gasteiger partial charge in [0.1, 0.15) is 0 Å². The van der Waals surface area contributed by atoms with Gasteiger partial charge in [0.15, 0.2) is 17.3 Å². The Morgan fingerprint density at radius 1 is 1.09 bits per heavy atom. The minimum absolute atomic E-state index is 0.0626. The highest BCUT2D eigenvalue weighted by Crippen LogP contribution is 2.42. The molecule has 1 aromatic heterocycles. The number of fused-ring (bicyclic) bond motifs is 1. The number of hydrogen-bond acceptors (Lipinski definition) is 6. The van der Waals surface area contributed by atoms with E-state index in [1.807, 2.05) is 29.6 Å². The zero-order chi connectivity index (χ0) is 22.7. The molecule has 1 atom stereocenters. The summed E-state index contributed by atoms with van der Waals surface area (Å²) in [4.78, 5) is 28.2. The summed E-state index contributed by atoms with van der Waals surface area (Å²) >= 11 is 1.67. The van der Waals surface area contributed by atoms with E-state index in [2.05, 4.69) is 16.3 Å². The molecule has 1 N–H and O–H groups in total. The molecule has 2 aromatic carbocycles. The van der Waals surface area contributed by atoms with Gasteiger partial charge in [0.05, 0.1) is 32.5 Å². The van der Waals surface area contributed by atoms with E-state index in [4.69, 9.17) is 9.47 Å². The predicted molar refractivity (Wildman–Crippen MR) is 126 cm³/mol. The van der Waals surface area contributed by atoms with Gasteiger partial charge in [-0.1, -0.05) is 18.2 Å². The highest BCUT2D eigenvalue weighted by atomic mass is 32.1. The maximum absolute atomic E-state index is 13.0. The molecule has 0 unspecified atom stereocenters. The number of thiophene rings is 1. The van der Waals surface area contributed by atoms with Gasteiger partial charge in [-0.25, -0.2) is 0 Å². The molecule has 1 aliphatic rings. The molecule has 32 heavy (non-hydrogen) atoms. The Balaban J connectivity index is 1.63. The van der Waals surface area contributed by atoms with Crippen molar-refractivity contribution in [1.29, 1.82) is 0 Å². The molecule has 6 nitrogen and oxygen atoms in total. The van der Waals surface area contributed by atoms with Crippen molar-refractivity contribution < 1.29 is 19.1 Å². The van der Waals surface area contributed by atoms with Crippen LogP contribution in [0.5, 0.6) is 11.5 Å². The van der Waals surface area contributed by atoms with Crippen LogP contribution in [0.2, 0.25) is 0 Å². The summed E-state index contributed by atoms with van der Waals surface area (Å²) in [5.41, 5.74) is 3.37. The standard InChI is InChI=1S/C25H26N2O4S/c1-16(28)18-7-4-5-8-20(18)26-24(29)15-27-11-10-17-13-21(30-2)22(31-3)14-19(17)25(27)23-9-6-12-32-23/h4-9,12-14,25H,10-11,15H2,1-3H3,(H,26,29)/t25-/m0/s1. The normalized spacial score (nSPS) is 15.7. The quantitative estimate of drug-likeness (QED) is 0.535.